The van der Waals surface area contributed by atoms with Crippen LogP contribution < -0.4 is 0 Å². The van der Waals surface area contributed by atoms with Crippen molar-refractivity contribution in [3.05, 3.63) is 0 Å². The lowest BCUT2D eigenvalue weighted by atomic mass is 9.95. The molecule has 0 amide bonds. The van der Waals surface area contributed by atoms with E-state index in [1.54, 1.807) is 6.92 Å². The minimum atomic E-state index is -1.01. The Morgan fingerprint density at radius 1 is 1.18 bits per heavy atom. The molecule has 0 aliphatic heterocycles. The van der Waals surface area contributed by atoms with Gasteiger partial charge in [-0.3, -0.25) is 0 Å². The van der Waals surface area contributed by atoms with E-state index < -0.39 is 11.6 Å². The highest BCUT2D eigenvalue weighted by Crippen LogP contribution is 2.22. The molecule has 0 aromatic heterocycles. The van der Waals surface area contributed by atoms with Crippen LogP contribution in [0.1, 0.15) is 60.3 Å². The minimum Gasteiger partial charge on any atom is -0.479 e. The van der Waals surface area contributed by atoms with E-state index in [0.717, 1.165) is 19.3 Å². The van der Waals surface area contributed by atoms with Gasteiger partial charge in [-0.1, -0.05) is 27.7 Å². The van der Waals surface area contributed by atoms with Gasteiger partial charge in [0, 0.05) is 6.61 Å². The average Bonchev–Trinajstić information content (AvgIpc) is 2.21. The summed E-state index contributed by atoms with van der Waals surface area (Å²) in [4.78, 5) is 11.2. The second-order valence-electron chi connectivity index (χ2n) is 5.85. The topological polar surface area (TPSA) is 46.5 Å². The number of rotatable bonds is 9. The van der Waals surface area contributed by atoms with E-state index >= 15 is 0 Å². The molecule has 102 valence electrons. The fourth-order valence-corrected chi connectivity index (χ4v) is 1.59. The van der Waals surface area contributed by atoms with Gasteiger partial charge in [0.15, 0.2) is 5.60 Å². The maximum absolute atomic E-state index is 11.2. The predicted molar refractivity (Wildman–Crippen MR) is 70.1 cm³/mol. The van der Waals surface area contributed by atoms with Crippen LogP contribution in [0.5, 0.6) is 0 Å². The van der Waals surface area contributed by atoms with E-state index in [2.05, 4.69) is 27.7 Å². The highest BCUT2D eigenvalue weighted by Gasteiger charge is 2.33. The Kier molecular flexibility index (Phi) is 7.44. The summed E-state index contributed by atoms with van der Waals surface area (Å²) in [6.07, 6.45) is 3.48. The van der Waals surface area contributed by atoms with Gasteiger partial charge in [0.25, 0.3) is 0 Å². The molecule has 0 aliphatic rings. The molecule has 1 unspecified atom stereocenters. The third-order valence-electron chi connectivity index (χ3n) is 3.00. The monoisotopic (exact) mass is 244 g/mol. The van der Waals surface area contributed by atoms with Gasteiger partial charge in [0.2, 0.25) is 0 Å². The Bertz CT molecular complexity index is 224. The fourth-order valence-electron chi connectivity index (χ4n) is 1.59. The van der Waals surface area contributed by atoms with Crippen molar-refractivity contribution in [2.75, 3.05) is 6.61 Å². The summed E-state index contributed by atoms with van der Waals surface area (Å²) in [5, 5.41) is 9.23. The molecular formula is C14H28O3. The molecule has 0 saturated carbocycles. The van der Waals surface area contributed by atoms with Crippen molar-refractivity contribution >= 4 is 5.97 Å². The van der Waals surface area contributed by atoms with Crippen molar-refractivity contribution in [1.29, 1.82) is 0 Å². The SMILES string of the molecule is CC(C)CCCOC(C)(CCC(C)C)C(=O)O. The maximum atomic E-state index is 11.2. The Hall–Kier alpha value is -0.570. The highest BCUT2D eigenvalue weighted by atomic mass is 16.5. The Morgan fingerprint density at radius 3 is 2.12 bits per heavy atom. The van der Waals surface area contributed by atoms with Gasteiger partial charge in [-0.05, 0) is 44.4 Å². The van der Waals surface area contributed by atoms with E-state index in [9.17, 15) is 9.90 Å². The molecular weight excluding hydrogens is 216 g/mol. The number of carboxylic acids is 1. The third-order valence-corrected chi connectivity index (χ3v) is 3.00. The van der Waals surface area contributed by atoms with Gasteiger partial charge < -0.3 is 9.84 Å². The van der Waals surface area contributed by atoms with Crippen LogP contribution in [0.2, 0.25) is 0 Å². The number of hydrogen-bond acceptors (Lipinski definition) is 2. The van der Waals surface area contributed by atoms with Crippen LogP contribution in [-0.2, 0) is 9.53 Å². The first-order valence-electron chi connectivity index (χ1n) is 6.65. The van der Waals surface area contributed by atoms with Crippen LogP contribution in [-0.4, -0.2) is 23.3 Å². The molecule has 0 aromatic rings. The molecule has 17 heavy (non-hydrogen) atoms. The molecule has 0 radical (unpaired) electrons. The zero-order valence-electron chi connectivity index (χ0n) is 12.0. The van der Waals surface area contributed by atoms with Gasteiger partial charge in [0.1, 0.15) is 0 Å². The first-order chi connectivity index (χ1) is 7.78. The summed E-state index contributed by atoms with van der Waals surface area (Å²) in [5.41, 5.74) is -1.01. The van der Waals surface area contributed by atoms with Crippen molar-refractivity contribution in [3.8, 4) is 0 Å². The molecule has 0 bridgehead atoms. The van der Waals surface area contributed by atoms with Gasteiger partial charge in [-0.2, -0.15) is 0 Å². The van der Waals surface area contributed by atoms with Crippen LogP contribution in [0.15, 0.2) is 0 Å². The highest BCUT2D eigenvalue weighted by molar-refractivity contribution is 5.76. The molecule has 0 fully saturated rings. The molecule has 0 aromatic carbocycles. The first-order valence-corrected chi connectivity index (χ1v) is 6.65. The lowest BCUT2D eigenvalue weighted by Gasteiger charge is -2.26. The summed E-state index contributed by atoms with van der Waals surface area (Å²) in [6.45, 7) is 10.7. The molecule has 3 nitrogen and oxygen atoms in total. The van der Waals surface area contributed by atoms with Gasteiger partial charge in [-0.15, -0.1) is 0 Å². The van der Waals surface area contributed by atoms with E-state index in [0.29, 0.717) is 24.9 Å². The lowest BCUT2D eigenvalue weighted by molar-refractivity contribution is -0.165. The molecule has 3 heteroatoms. The van der Waals surface area contributed by atoms with Crippen LogP contribution >= 0.6 is 0 Å². The standard InChI is InChI=1S/C14H28O3/c1-11(2)7-6-10-17-14(5,13(15)16)9-8-12(3)4/h11-12H,6-10H2,1-5H3,(H,15,16). The molecule has 1 N–H and O–H groups in total. The second-order valence-corrected chi connectivity index (χ2v) is 5.85. The summed E-state index contributed by atoms with van der Waals surface area (Å²) in [5.74, 6) is 0.306. The number of hydrogen-bond donors (Lipinski definition) is 1. The molecule has 0 saturated heterocycles. The molecule has 0 aliphatic carbocycles. The van der Waals surface area contributed by atoms with E-state index in [-0.39, 0.29) is 0 Å². The number of ether oxygens (including phenoxy) is 1. The minimum absolute atomic E-state index is 0.507. The molecule has 0 heterocycles. The maximum Gasteiger partial charge on any atom is 0.335 e. The van der Waals surface area contributed by atoms with Crippen molar-refractivity contribution in [2.45, 2.75) is 65.9 Å². The zero-order valence-corrected chi connectivity index (χ0v) is 12.0. The predicted octanol–water partition coefficient (Wildman–Crippen LogP) is 3.72. The number of carboxylic acid groups (broad SMARTS) is 1. The molecule has 0 spiro atoms. The van der Waals surface area contributed by atoms with Crippen molar-refractivity contribution in [3.63, 3.8) is 0 Å². The van der Waals surface area contributed by atoms with Crippen molar-refractivity contribution in [2.24, 2.45) is 11.8 Å². The quantitative estimate of drug-likeness (QED) is 0.629. The Balaban J connectivity index is 4.08. The summed E-state index contributed by atoms with van der Waals surface area (Å²) >= 11 is 0. The van der Waals surface area contributed by atoms with Crippen molar-refractivity contribution < 1.29 is 14.6 Å². The normalized spacial score (nSPS) is 15.2. The summed E-state index contributed by atoms with van der Waals surface area (Å²) in [7, 11) is 0. The Morgan fingerprint density at radius 2 is 1.71 bits per heavy atom. The number of carbonyl (C=O) groups is 1. The average molecular weight is 244 g/mol. The van der Waals surface area contributed by atoms with Gasteiger partial charge in [-0.25, -0.2) is 4.79 Å². The van der Waals surface area contributed by atoms with Crippen molar-refractivity contribution in [1.82, 2.24) is 0 Å². The van der Waals surface area contributed by atoms with Crippen LogP contribution in [0.25, 0.3) is 0 Å². The van der Waals surface area contributed by atoms with E-state index in [1.807, 2.05) is 0 Å². The van der Waals surface area contributed by atoms with Crippen LogP contribution in [0, 0.1) is 11.8 Å². The molecule has 0 rings (SSSR count). The van der Waals surface area contributed by atoms with Gasteiger partial charge >= 0.3 is 5.97 Å². The third kappa shape index (κ3) is 7.37. The first kappa shape index (κ1) is 16.4. The largest absolute Gasteiger partial charge is 0.479 e. The smallest absolute Gasteiger partial charge is 0.335 e. The van der Waals surface area contributed by atoms with E-state index in [1.165, 1.54) is 0 Å². The second kappa shape index (κ2) is 7.70. The van der Waals surface area contributed by atoms with Crippen LogP contribution in [0.4, 0.5) is 0 Å². The summed E-state index contributed by atoms with van der Waals surface area (Å²) in [6, 6.07) is 0. The van der Waals surface area contributed by atoms with E-state index in [4.69, 9.17) is 4.74 Å². The Labute approximate surface area is 106 Å². The zero-order chi connectivity index (χ0) is 13.5. The fraction of sp³-hybridized carbons (Fsp3) is 0.929. The summed E-state index contributed by atoms with van der Waals surface area (Å²) < 4.78 is 5.59. The molecule has 1 atom stereocenters. The van der Waals surface area contributed by atoms with Gasteiger partial charge in [0.05, 0.1) is 0 Å². The van der Waals surface area contributed by atoms with Crippen LogP contribution in [0.3, 0.4) is 0 Å². The number of aliphatic carboxylic acids is 1. The lowest BCUT2D eigenvalue weighted by Crippen LogP contribution is -2.39.